The molecule has 0 aliphatic rings. The highest BCUT2D eigenvalue weighted by molar-refractivity contribution is 5.71. The Morgan fingerprint density at radius 3 is 2.74 bits per heavy atom. The van der Waals surface area contributed by atoms with Crippen LogP contribution in [-0.4, -0.2) is 20.9 Å². The fraction of sp³-hybridized carbons (Fsp3) is 0.333. The molecule has 1 aromatic carbocycles. The number of aliphatic carboxylic acids is 1. The maximum absolute atomic E-state index is 10.7. The number of hydrogen-bond acceptors (Lipinski definition) is 2. The minimum atomic E-state index is -0.794. The van der Waals surface area contributed by atoms with Crippen LogP contribution in [-0.2, 0) is 18.3 Å². The summed E-state index contributed by atoms with van der Waals surface area (Å²) in [7, 11) is 1.86. The molecule has 100 valence electrons. The van der Waals surface area contributed by atoms with Gasteiger partial charge in [-0.15, -0.1) is 0 Å². The summed E-state index contributed by atoms with van der Waals surface area (Å²) in [5.74, 6) is -0.794. The summed E-state index contributed by atoms with van der Waals surface area (Å²) in [4.78, 5) is 10.7. The van der Waals surface area contributed by atoms with Crippen LogP contribution < -0.4 is 0 Å². The van der Waals surface area contributed by atoms with E-state index >= 15 is 0 Å². The van der Waals surface area contributed by atoms with Gasteiger partial charge in [0.25, 0.3) is 0 Å². The van der Waals surface area contributed by atoms with Gasteiger partial charge < -0.3 is 5.11 Å². The van der Waals surface area contributed by atoms with Crippen molar-refractivity contribution in [3.05, 3.63) is 41.2 Å². The predicted octanol–water partition coefficient (Wildman–Crippen LogP) is 2.72. The van der Waals surface area contributed by atoms with Gasteiger partial charge in [0, 0.05) is 25.2 Å². The van der Waals surface area contributed by atoms with Crippen molar-refractivity contribution in [2.24, 2.45) is 7.05 Å². The Labute approximate surface area is 112 Å². The number of carboxylic acid groups (broad SMARTS) is 1. The van der Waals surface area contributed by atoms with Crippen molar-refractivity contribution in [2.75, 3.05) is 0 Å². The van der Waals surface area contributed by atoms with E-state index in [1.165, 1.54) is 11.1 Å². The lowest BCUT2D eigenvalue weighted by molar-refractivity contribution is -0.136. The number of rotatable bonds is 4. The number of carbonyl (C=O) groups is 1. The van der Waals surface area contributed by atoms with Crippen molar-refractivity contribution in [1.82, 2.24) is 9.78 Å². The normalized spacial score (nSPS) is 10.7. The van der Waals surface area contributed by atoms with Gasteiger partial charge >= 0.3 is 5.97 Å². The van der Waals surface area contributed by atoms with E-state index in [4.69, 9.17) is 5.11 Å². The molecule has 1 heterocycles. The molecule has 0 atom stereocenters. The molecule has 0 radical (unpaired) electrons. The Balaban J connectivity index is 2.43. The van der Waals surface area contributed by atoms with E-state index in [9.17, 15) is 4.79 Å². The van der Waals surface area contributed by atoms with Crippen LogP contribution in [0, 0.1) is 13.8 Å². The van der Waals surface area contributed by atoms with Crippen LogP contribution in [0.4, 0.5) is 0 Å². The first-order valence-corrected chi connectivity index (χ1v) is 6.29. The lowest BCUT2D eigenvalue weighted by atomic mass is 9.97. The van der Waals surface area contributed by atoms with Crippen LogP contribution in [0.5, 0.6) is 0 Å². The van der Waals surface area contributed by atoms with E-state index in [1.54, 1.807) is 4.68 Å². The van der Waals surface area contributed by atoms with Crippen molar-refractivity contribution in [2.45, 2.75) is 26.7 Å². The first kappa shape index (κ1) is 13.3. The smallest absolute Gasteiger partial charge is 0.303 e. The fourth-order valence-electron chi connectivity index (χ4n) is 2.20. The van der Waals surface area contributed by atoms with Gasteiger partial charge in [-0.3, -0.25) is 9.48 Å². The highest BCUT2D eigenvalue weighted by Crippen LogP contribution is 2.27. The summed E-state index contributed by atoms with van der Waals surface area (Å²) in [6.45, 7) is 4.11. The molecule has 1 aromatic heterocycles. The molecule has 0 amide bonds. The van der Waals surface area contributed by atoms with Gasteiger partial charge in [-0.25, -0.2) is 0 Å². The molecule has 0 fully saturated rings. The SMILES string of the molecule is Cc1ccc(C)c(-c2cn(C)nc2CCC(=O)O)c1. The summed E-state index contributed by atoms with van der Waals surface area (Å²) in [6, 6.07) is 6.28. The van der Waals surface area contributed by atoms with E-state index in [-0.39, 0.29) is 6.42 Å². The molecule has 2 aromatic rings. The van der Waals surface area contributed by atoms with Gasteiger partial charge in [0.2, 0.25) is 0 Å². The number of hydrogen-bond donors (Lipinski definition) is 1. The number of aryl methyl sites for hydroxylation is 4. The van der Waals surface area contributed by atoms with Crippen molar-refractivity contribution in [1.29, 1.82) is 0 Å². The Bertz CT molecular complexity index is 615. The molecule has 0 spiro atoms. The monoisotopic (exact) mass is 258 g/mol. The van der Waals surface area contributed by atoms with E-state index < -0.39 is 5.97 Å². The molecule has 0 aliphatic carbocycles. The second-order valence-corrected chi connectivity index (χ2v) is 4.88. The largest absolute Gasteiger partial charge is 0.481 e. The Kier molecular flexibility index (Phi) is 3.69. The molecule has 4 nitrogen and oxygen atoms in total. The zero-order chi connectivity index (χ0) is 14.0. The van der Waals surface area contributed by atoms with E-state index in [0.29, 0.717) is 6.42 Å². The quantitative estimate of drug-likeness (QED) is 0.917. The zero-order valence-electron chi connectivity index (χ0n) is 11.5. The van der Waals surface area contributed by atoms with Crippen molar-refractivity contribution in [3.8, 4) is 11.1 Å². The first-order chi connectivity index (χ1) is 8.97. The molecular formula is C15H18N2O2. The summed E-state index contributed by atoms with van der Waals surface area (Å²) in [6.07, 6.45) is 2.52. The standard InChI is InChI=1S/C15H18N2O2/c1-10-4-5-11(2)12(8-10)13-9-17(3)16-14(13)6-7-15(18)19/h4-5,8-9H,6-7H2,1-3H3,(H,18,19). The predicted molar refractivity (Wildman–Crippen MR) is 74.1 cm³/mol. The van der Waals surface area contributed by atoms with Gasteiger partial charge in [-0.1, -0.05) is 23.8 Å². The van der Waals surface area contributed by atoms with E-state index in [2.05, 4.69) is 37.1 Å². The van der Waals surface area contributed by atoms with Gasteiger partial charge in [-0.05, 0) is 25.0 Å². The Morgan fingerprint density at radius 1 is 1.32 bits per heavy atom. The maximum Gasteiger partial charge on any atom is 0.303 e. The second kappa shape index (κ2) is 5.26. The molecule has 2 rings (SSSR count). The molecule has 0 saturated heterocycles. The highest BCUT2D eigenvalue weighted by atomic mass is 16.4. The maximum atomic E-state index is 10.7. The number of aromatic nitrogens is 2. The molecule has 0 aliphatic heterocycles. The average Bonchev–Trinajstić information content (AvgIpc) is 2.71. The van der Waals surface area contributed by atoms with Crippen LogP contribution >= 0.6 is 0 Å². The van der Waals surface area contributed by atoms with Gasteiger partial charge in [0.1, 0.15) is 0 Å². The summed E-state index contributed by atoms with van der Waals surface area (Å²) in [5.41, 5.74) is 5.38. The Morgan fingerprint density at radius 2 is 2.05 bits per heavy atom. The van der Waals surface area contributed by atoms with E-state index in [1.807, 2.05) is 13.2 Å². The lowest BCUT2D eigenvalue weighted by Crippen LogP contribution is -2.00. The average molecular weight is 258 g/mol. The zero-order valence-corrected chi connectivity index (χ0v) is 11.5. The molecule has 0 bridgehead atoms. The molecule has 4 heteroatoms. The van der Waals surface area contributed by atoms with Crippen LogP contribution in [0.1, 0.15) is 23.2 Å². The van der Waals surface area contributed by atoms with Crippen LogP contribution in [0.15, 0.2) is 24.4 Å². The molecule has 1 N–H and O–H groups in total. The number of benzene rings is 1. The fourth-order valence-corrected chi connectivity index (χ4v) is 2.20. The number of nitrogens with zero attached hydrogens (tertiary/aromatic N) is 2. The lowest BCUT2D eigenvalue weighted by Gasteiger charge is -2.07. The van der Waals surface area contributed by atoms with Gasteiger partial charge in [0.05, 0.1) is 12.1 Å². The Hall–Kier alpha value is -2.10. The van der Waals surface area contributed by atoms with Gasteiger partial charge in [0.15, 0.2) is 0 Å². The van der Waals surface area contributed by atoms with Crippen molar-refractivity contribution >= 4 is 5.97 Å². The molecule has 0 unspecified atom stereocenters. The summed E-state index contributed by atoms with van der Waals surface area (Å²) < 4.78 is 1.74. The van der Waals surface area contributed by atoms with E-state index in [0.717, 1.165) is 16.8 Å². The third-order valence-corrected chi connectivity index (χ3v) is 3.16. The van der Waals surface area contributed by atoms with Crippen LogP contribution in [0.3, 0.4) is 0 Å². The van der Waals surface area contributed by atoms with Crippen LogP contribution in [0.2, 0.25) is 0 Å². The van der Waals surface area contributed by atoms with Crippen molar-refractivity contribution < 1.29 is 9.90 Å². The molecular weight excluding hydrogens is 240 g/mol. The second-order valence-electron chi connectivity index (χ2n) is 4.88. The van der Waals surface area contributed by atoms with Gasteiger partial charge in [-0.2, -0.15) is 5.10 Å². The molecule has 19 heavy (non-hydrogen) atoms. The minimum Gasteiger partial charge on any atom is -0.481 e. The highest BCUT2D eigenvalue weighted by Gasteiger charge is 2.13. The first-order valence-electron chi connectivity index (χ1n) is 6.29. The molecule has 0 saturated carbocycles. The third kappa shape index (κ3) is 3.02. The number of carboxylic acids is 1. The van der Waals surface area contributed by atoms with Crippen molar-refractivity contribution in [3.63, 3.8) is 0 Å². The third-order valence-electron chi connectivity index (χ3n) is 3.16. The van der Waals surface area contributed by atoms with Crippen LogP contribution in [0.25, 0.3) is 11.1 Å². The topological polar surface area (TPSA) is 55.1 Å². The summed E-state index contributed by atoms with van der Waals surface area (Å²) in [5, 5.41) is 13.2. The minimum absolute atomic E-state index is 0.106. The summed E-state index contributed by atoms with van der Waals surface area (Å²) >= 11 is 0.